The Hall–Kier alpha value is -4.34. The summed E-state index contributed by atoms with van der Waals surface area (Å²) in [6, 6.07) is 30.2. The van der Waals surface area contributed by atoms with Crippen LogP contribution in [0.25, 0.3) is 0 Å². The van der Waals surface area contributed by atoms with Crippen molar-refractivity contribution in [3.8, 4) is 5.75 Å². The molecule has 4 aromatic carbocycles. The van der Waals surface area contributed by atoms with Crippen LogP contribution in [0.1, 0.15) is 38.3 Å². The fourth-order valence-electron chi connectivity index (χ4n) is 4.96. The molecule has 0 heterocycles. The van der Waals surface area contributed by atoms with Crippen molar-refractivity contribution in [1.82, 2.24) is 10.2 Å². The third-order valence-electron chi connectivity index (χ3n) is 7.58. The average Bonchev–Trinajstić information content (AvgIpc) is 3.06. The maximum Gasteiger partial charge on any atom is 0.264 e. The molecule has 0 aliphatic carbocycles. The van der Waals surface area contributed by atoms with E-state index in [1.54, 1.807) is 31.2 Å². The lowest BCUT2D eigenvalue weighted by atomic mass is 10.0. The third-order valence-corrected chi connectivity index (χ3v) is 9.61. The predicted octanol–water partition coefficient (Wildman–Crippen LogP) is 6.49. The number of anilines is 1. The number of hydrogen-bond donors (Lipinski definition) is 1. The molecule has 242 valence electrons. The number of carbonyl (C=O) groups is 2. The van der Waals surface area contributed by atoms with Crippen molar-refractivity contribution in [1.29, 1.82) is 0 Å². The van der Waals surface area contributed by atoms with Gasteiger partial charge in [0.25, 0.3) is 10.0 Å². The van der Waals surface area contributed by atoms with Crippen LogP contribution < -0.4 is 14.4 Å². The number of rotatable bonds is 15. The molecule has 0 aliphatic rings. The Morgan fingerprint density at radius 2 is 1.41 bits per heavy atom. The Kier molecular flexibility index (Phi) is 12.2. The van der Waals surface area contributed by atoms with Gasteiger partial charge in [-0.25, -0.2) is 8.42 Å². The summed E-state index contributed by atoms with van der Waals surface area (Å²) in [5.74, 6) is -0.558. The lowest BCUT2D eigenvalue weighted by Crippen LogP contribution is -2.54. The van der Waals surface area contributed by atoms with E-state index in [0.717, 1.165) is 15.4 Å². The molecule has 2 unspecified atom stereocenters. The number of benzene rings is 4. The van der Waals surface area contributed by atoms with Gasteiger partial charge in [0, 0.05) is 24.0 Å². The lowest BCUT2D eigenvalue weighted by Gasteiger charge is -2.34. The van der Waals surface area contributed by atoms with Gasteiger partial charge in [-0.15, -0.1) is 0 Å². The van der Waals surface area contributed by atoms with Gasteiger partial charge in [-0.1, -0.05) is 91.3 Å². The van der Waals surface area contributed by atoms with Crippen molar-refractivity contribution in [2.45, 2.75) is 57.1 Å². The van der Waals surface area contributed by atoms with Crippen LogP contribution in [0, 0.1) is 0 Å². The standard InChI is InChI=1S/C36H40ClN3O5S/c1-4-27(3)38-36(42)33(24-28-14-8-6-9-15-28)39(25-29-16-10-7-11-17-29)35(41)26-40(32-18-12-13-19-34(32)45-5-2)46(43,44)31-22-20-30(37)21-23-31/h6-23,27,33H,4-5,24-26H2,1-3H3,(H,38,42). The van der Waals surface area contributed by atoms with Gasteiger partial charge in [-0.2, -0.15) is 0 Å². The van der Waals surface area contributed by atoms with Gasteiger partial charge in [0.2, 0.25) is 11.8 Å². The molecule has 0 aliphatic heterocycles. The van der Waals surface area contributed by atoms with Crippen LogP contribution in [0.15, 0.2) is 114 Å². The van der Waals surface area contributed by atoms with Gasteiger partial charge < -0.3 is 15.0 Å². The number of hydrogen-bond acceptors (Lipinski definition) is 5. The number of nitrogens with zero attached hydrogens (tertiary/aromatic N) is 2. The Morgan fingerprint density at radius 3 is 2.02 bits per heavy atom. The van der Waals surface area contributed by atoms with Gasteiger partial charge in [0.1, 0.15) is 18.3 Å². The van der Waals surface area contributed by atoms with Crippen LogP contribution in [0.3, 0.4) is 0 Å². The average molecular weight is 662 g/mol. The highest BCUT2D eigenvalue weighted by Crippen LogP contribution is 2.33. The Morgan fingerprint density at radius 1 is 0.826 bits per heavy atom. The van der Waals surface area contributed by atoms with E-state index in [4.69, 9.17) is 16.3 Å². The summed E-state index contributed by atoms with van der Waals surface area (Å²) in [5, 5.41) is 3.42. The predicted molar refractivity (Wildman–Crippen MR) is 182 cm³/mol. The van der Waals surface area contributed by atoms with Gasteiger partial charge in [0.15, 0.2) is 0 Å². The summed E-state index contributed by atoms with van der Waals surface area (Å²) in [4.78, 5) is 30.0. The largest absolute Gasteiger partial charge is 0.492 e. The molecular weight excluding hydrogens is 622 g/mol. The fourth-order valence-corrected chi connectivity index (χ4v) is 6.51. The normalized spacial score (nSPS) is 12.5. The van der Waals surface area contributed by atoms with Crippen molar-refractivity contribution in [3.63, 3.8) is 0 Å². The zero-order chi connectivity index (χ0) is 33.1. The van der Waals surface area contributed by atoms with E-state index in [9.17, 15) is 18.0 Å². The number of halogens is 1. The first-order valence-electron chi connectivity index (χ1n) is 15.3. The SMILES string of the molecule is CCOc1ccccc1N(CC(=O)N(Cc1ccccc1)C(Cc1ccccc1)C(=O)NC(C)CC)S(=O)(=O)c1ccc(Cl)cc1. The highest BCUT2D eigenvalue weighted by atomic mass is 35.5. The van der Waals surface area contributed by atoms with Crippen molar-refractivity contribution < 1.29 is 22.7 Å². The molecule has 46 heavy (non-hydrogen) atoms. The molecule has 4 rings (SSSR count). The van der Waals surface area contributed by atoms with Crippen LogP contribution in [-0.4, -0.2) is 50.4 Å². The summed E-state index contributed by atoms with van der Waals surface area (Å²) in [6.07, 6.45) is 0.943. The summed E-state index contributed by atoms with van der Waals surface area (Å²) >= 11 is 6.08. The zero-order valence-corrected chi connectivity index (χ0v) is 27.9. The van der Waals surface area contributed by atoms with Crippen LogP contribution in [0.2, 0.25) is 5.02 Å². The fraction of sp³-hybridized carbons (Fsp3) is 0.278. The molecule has 4 aromatic rings. The topological polar surface area (TPSA) is 96.0 Å². The first-order valence-corrected chi connectivity index (χ1v) is 17.1. The molecule has 0 saturated heterocycles. The maximum absolute atomic E-state index is 14.6. The van der Waals surface area contributed by atoms with Crippen molar-refractivity contribution in [2.75, 3.05) is 17.5 Å². The minimum atomic E-state index is -4.29. The van der Waals surface area contributed by atoms with E-state index in [-0.39, 0.29) is 42.1 Å². The molecule has 0 spiro atoms. The van der Waals surface area contributed by atoms with Crippen LogP contribution >= 0.6 is 11.6 Å². The second kappa shape index (κ2) is 16.3. The van der Waals surface area contributed by atoms with E-state index < -0.39 is 28.5 Å². The van der Waals surface area contributed by atoms with E-state index in [2.05, 4.69) is 5.32 Å². The Balaban J connectivity index is 1.83. The first-order chi connectivity index (χ1) is 22.1. The first kappa shape index (κ1) is 34.5. The van der Waals surface area contributed by atoms with E-state index in [1.807, 2.05) is 74.5 Å². The highest BCUT2D eigenvalue weighted by molar-refractivity contribution is 7.92. The second-order valence-corrected chi connectivity index (χ2v) is 13.2. The molecular formula is C36H40ClN3O5S. The summed E-state index contributed by atoms with van der Waals surface area (Å²) < 4.78 is 35.4. The van der Waals surface area contributed by atoms with Crippen molar-refractivity contribution in [2.24, 2.45) is 0 Å². The zero-order valence-electron chi connectivity index (χ0n) is 26.3. The molecule has 2 atom stereocenters. The Labute approximate surface area is 277 Å². The highest BCUT2D eigenvalue weighted by Gasteiger charge is 2.35. The summed E-state index contributed by atoms with van der Waals surface area (Å²) in [7, 11) is -4.29. The minimum absolute atomic E-state index is 0.0408. The van der Waals surface area contributed by atoms with Gasteiger partial charge in [-0.3, -0.25) is 13.9 Å². The second-order valence-electron chi connectivity index (χ2n) is 10.9. The van der Waals surface area contributed by atoms with E-state index in [0.29, 0.717) is 17.2 Å². The molecule has 2 amide bonds. The molecule has 1 N–H and O–H groups in total. The number of para-hydroxylation sites is 2. The molecule has 10 heteroatoms. The van der Waals surface area contributed by atoms with Crippen LogP contribution in [-0.2, 0) is 32.6 Å². The monoisotopic (exact) mass is 661 g/mol. The third kappa shape index (κ3) is 8.89. The maximum atomic E-state index is 14.6. The van der Waals surface area contributed by atoms with E-state index >= 15 is 0 Å². The summed E-state index contributed by atoms with van der Waals surface area (Å²) in [5.41, 5.74) is 1.87. The molecule has 0 saturated carbocycles. The quantitative estimate of drug-likeness (QED) is 0.157. The van der Waals surface area contributed by atoms with Gasteiger partial charge in [0.05, 0.1) is 17.2 Å². The molecule has 8 nitrogen and oxygen atoms in total. The summed E-state index contributed by atoms with van der Waals surface area (Å²) in [6.45, 7) is 5.47. The van der Waals surface area contributed by atoms with Gasteiger partial charge in [-0.05, 0) is 67.8 Å². The van der Waals surface area contributed by atoms with Crippen LogP contribution in [0.5, 0.6) is 5.75 Å². The molecule has 0 bridgehead atoms. The van der Waals surface area contributed by atoms with Crippen LogP contribution in [0.4, 0.5) is 5.69 Å². The smallest absolute Gasteiger partial charge is 0.264 e. The number of ether oxygens (including phenoxy) is 1. The Bertz CT molecular complexity index is 1690. The molecule has 0 radical (unpaired) electrons. The number of nitrogens with one attached hydrogen (secondary N) is 1. The lowest BCUT2D eigenvalue weighted by molar-refractivity contribution is -0.140. The molecule has 0 fully saturated rings. The number of amides is 2. The van der Waals surface area contributed by atoms with Crippen molar-refractivity contribution in [3.05, 3.63) is 125 Å². The van der Waals surface area contributed by atoms with Gasteiger partial charge >= 0.3 is 0 Å². The number of sulfonamides is 1. The minimum Gasteiger partial charge on any atom is -0.492 e. The van der Waals surface area contributed by atoms with E-state index in [1.165, 1.54) is 29.2 Å². The van der Waals surface area contributed by atoms with Crippen molar-refractivity contribution >= 4 is 39.1 Å². The molecule has 0 aromatic heterocycles. The number of carbonyl (C=O) groups excluding carboxylic acids is 2.